The Morgan fingerprint density at radius 2 is 2.36 bits per heavy atom. The fourth-order valence-electron chi connectivity index (χ4n) is 0.804. The molecular formula is C6H12N4O. The van der Waals surface area contributed by atoms with E-state index in [2.05, 4.69) is 9.98 Å². The molecule has 1 aliphatic rings. The zero-order valence-electron chi connectivity index (χ0n) is 6.60. The molecule has 0 aromatic heterocycles. The second-order valence-corrected chi connectivity index (χ2v) is 2.62. The largest absolute Gasteiger partial charge is 0.368 e. The number of hydrogen-bond acceptors (Lipinski definition) is 5. The summed E-state index contributed by atoms with van der Waals surface area (Å²) < 4.78 is 0. The van der Waals surface area contributed by atoms with Gasteiger partial charge < -0.3 is 15.7 Å². The molecule has 1 atom stereocenters. The van der Waals surface area contributed by atoms with E-state index < -0.39 is 6.35 Å². The van der Waals surface area contributed by atoms with Crippen LogP contribution in [0, 0.1) is 0 Å². The molecule has 1 unspecified atom stereocenters. The molecule has 62 valence electrons. The highest BCUT2D eigenvalue weighted by atomic mass is 16.3. The second kappa shape index (κ2) is 2.87. The quantitative estimate of drug-likeness (QED) is 0.528. The van der Waals surface area contributed by atoms with Gasteiger partial charge in [0, 0.05) is 6.04 Å². The lowest BCUT2D eigenvalue weighted by atomic mass is 10.3. The van der Waals surface area contributed by atoms with Crippen molar-refractivity contribution in [2.24, 2.45) is 15.7 Å². The third-order valence-electron chi connectivity index (χ3n) is 1.43. The van der Waals surface area contributed by atoms with E-state index in [1.807, 2.05) is 13.8 Å². The summed E-state index contributed by atoms with van der Waals surface area (Å²) in [6.45, 7) is 3.87. The molecule has 5 heteroatoms. The summed E-state index contributed by atoms with van der Waals surface area (Å²) in [4.78, 5) is 9.02. The molecule has 11 heavy (non-hydrogen) atoms. The van der Waals surface area contributed by atoms with Crippen LogP contribution >= 0.6 is 0 Å². The van der Waals surface area contributed by atoms with Crippen molar-refractivity contribution in [1.82, 2.24) is 4.90 Å². The fourth-order valence-corrected chi connectivity index (χ4v) is 0.804. The van der Waals surface area contributed by atoms with Crippen molar-refractivity contribution in [2.45, 2.75) is 26.2 Å². The maximum Gasteiger partial charge on any atom is 0.230 e. The molecule has 0 aliphatic carbocycles. The van der Waals surface area contributed by atoms with Crippen LogP contribution in [-0.4, -0.2) is 34.7 Å². The Morgan fingerprint density at radius 3 is 2.82 bits per heavy atom. The minimum Gasteiger partial charge on any atom is -0.368 e. The maximum atomic E-state index is 9.28. The first kappa shape index (κ1) is 8.00. The van der Waals surface area contributed by atoms with Crippen LogP contribution in [0.1, 0.15) is 13.8 Å². The third-order valence-corrected chi connectivity index (χ3v) is 1.43. The monoisotopic (exact) mass is 156 g/mol. The summed E-state index contributed by atoms with van der Waals surface area (Å²) in [6.07, 6.45) is 0.616. The third kappa shape index (κ3) is 1.68. The molecule has 1 heterocycles. The summed E-state index contributed by atoms with van der Waals surface area (Å²) in [5, 5.41) is 9.28. The lowest BCUT2D eigenvalue weighted by molar-refractivity contribution is 0.0454. The van der Waals surface area contributed by atoms with Gasteiger partial charge in [-0.2, -0.15) is 4.99 Å². The molecule has 0 aromatic rings. The van der Waals surface area contributed by atoms with Gasteiger partial charge in [-0.25, -0.2) is 4.99 Å². The molecule has 0 spiro atoms. The number of aliphatic imine (C=N–C) groups is 2. The topological polar surface area (TPSA) is 74.2 Å². The molecular weight excluding hydrogens is 144 g/mol. The SMILES string of the molecule is CC(C)N1C=NC(N)=NC1O. The predicted molar refractivity (Wildman–Crippen MR) is 43.1 cm³/mol. The standard InChI is InChI=1S/C6H12N4O/c1-4(2)10-3-8-5(7)9-6(10)11/h3-4,6,11H,1-2H3,(H2,7,9). The molecule has 1 aliphatic heterocycles. The molecule has 0 radical (unpaired) electrons. The van der Waals surface area contributed by atoms with Crippen LogP contribution < -0.4 is 5.73 Å². The molecule has 0 saturated carbocycles. The fraction of sp³-hybridized carbons (Fsp3) is 0.667. The van der Waals surface area contributed by atoms with E-state index in [0.29, 0.717) is 0 Å². The number of nitrogens with two attached hydrogens (primary N) is 1. The van der Waals surface area contributed by atoms with Crippen molar-refractivity contribution >= 4 is 12.3 Å². The van der Waals surface area contributed by atoms with Gasteiger partial charge in [-0.15, -0.1) is 0 Å². The van der Waals surface area contributed by atoms with Crippen molar-refractivity contribution in [2.75, 3.05) is 0 Å². The molecule has 3 N–H and O–H groups in total. The molecule has 0 bridgehead atoms. The maximum absolute atomic E-state index is 9.28. The lowest BCUT2D eigenvalue weighted by Gasteiger charge is -2.28. The lowest BCUT2D eigenvalue weighted by Crippen LogP contribution is -2.42. The van der Waals surface area contributed by atoms with Gasteiger partial charge in [0.2, 0.25) is 12.3 Å². The molecule has 0 saturated heterocycles. The summed E-state index contributed by atoms with van der Waals surface area (Å²) >= 11 is 0. The van der Waals surface area contributed by atoms with Crippen LogP contribution in [0.25, 0.3) is 0 Å². The number of aliphatic hydroxyl groups excluding tert-OH is 1. The average Bonchev–Trinajstić information content (AvgIpc) is 1.85. The molecule has 0 amide bonds. The molecule has 5 nitrogen and oxygen atoms in total. The van der Waals surface area contributed by atoms with E-state index in [0.717, 1.165) is 0 Å². The molecule has 0 aromatic carbocycles. The summed E-state index contributed by atoms with van der Waals surface area (Å²) in [6, 6.07) is 0.172. The van der Waals surface area contributed by atoms with E-state index in [9.17, 15) is 5.11 Å². The van der Waals surface area contributed by atoms with E-state index in [1.165, 1.54) is 6.34 Å². The van der Waals surface area contributed by atoms with Gasteiger partial charge >= 0.3 is 0 Å². The Balaban J connectivity index is 2.69. The van der Waals surface area contributed by atoms with Crippen LogP contribution in [0.4, 0.5) is 0 Å². The van der Waals surface area contributed by atoms with Gasteiger partial charge in [0.1, 0.15) is 0 Å². The highest BCUT2D eigenvalue weighted by Crippen LogP contribution is 2.04. The van der Waals surface area contributed by atoms with Crippen LogP contribution in [0.3, 0.4) is 0 Å². The smallest absolute Gasteiger partial charge is 0.230 e. The Labute approximate surface area is 65.2 Å². The zero-order valence-corrected chi connectivity index (χ0v) is 6.60. The second-order valence-electron chi connectivity index (χ2n) is 2.62. The van der Waals surface area contributed by atoms with Crippen LogP contribution in [0.5, 0.6) is 0 Å². The zero-order chi connectivity index (χ0) is 8.43. The first-order valence-corrected chi connectivity index (χ1v) is 3.44. The Bertz CT molecular complexity index is 199. The molecule has 0 fully saturated rings. The Kier molecular flexibility index (Phi) is 2.09. The van der Waals surface area contributed by atoms with Gasteiger partial charge in [0.15, 0.2) is 0 Å². The Hall–Kier alpha value is -1.10. The minimum absolute atomic E-state index is 0.120. The van der Waals surface area contributed by atoms with Crippen LogP contribution in [-0.2, 0) is 0 Å². The summed E-state index contributed by atoms with van der Waals surface area (Å²) in [5.41, 5.74) is 5.25. The van der Waals surface area contributed by atoms with E-state index in [-0.39, 0.29) is 12.0 Å². The first-order chi connectivity index (χ1) is 5.11. The van der Waals surface area contributed by atoms with E-state index in [1.54, 1.807) is 4.90 Å². The van der Waals surface area contributed by atoms with Gasteiger partial charge in [-0.05, 0) is 13.8 Å². The van der Waals surface area contributed by atoms with Crippen molar-refractivity contribution in [3.05, 3.63) is 0 Å². The normalized spacial score (nSPS) is 24.2. The van der Waals surface area contributed by atoms with Gasteiger partial charge in [0.05, 0.1) is 6.34 Å². The summed E-state index contributed by atoms with van der Waals surface area (Å²) in [5.74, 6) is 0.120. The number of hydrogen-bond donors (Lipinski definition) is 2. The van der Waals surface area contributed by atoms with Gasteiger partial charge in [-0.3, -0.25) is 0 Å². The van der Waals surface area contributed by atoms with E-state index in [4.69, 9.17) is 5.73 Å². The van der Waals surface area contributed by atoms with Crippen molar-refractivity contribution in [1.29, 1.82) is 0 Å². The summed E-state index contributed by atoms with van der Waals surface area (Å²) in [7, 11) is 0. The van der Waals surface area contributed by atoms with Gasteiger partial charge in [-0.1, -0.05) is 0 Å². The minimum atomic E-state index is -0.882. The average molecular weight is 156 g/mol. The highest BCUT2D eigenvalue weighted by molar-refractivity contribution is 5.87. The van der Waals surface area contributed by atoms with Crippen molar-refractivity contribution in [3.8, 4) is 0 Å². The number of nitrogens with zero attached hydrogens (tertiary/aromatic N) is 3. The number of aliphatic hydroxyl groups is 1. The number of rotatable bonds is 1. The van der Waals surface area contributed by atoms with Gasteiger partial charge in [0.25, 0.3) is 0 Å². The molecule has 1 rings (SSSR count). The van der Waals surface area contributed by atoms with Crippen molar-refractivity contribution in [3.63, 3.8) is 0 Å². The predicted octanol–water partition coefficient (Wildman–Crippen LogP) is -0.671. The van der Waals surface area contributed by atoms with E-state index >= 15 is 0 Å². The number of guanidine groups is 1. The Morgan fingerprint density at radius 1 is 1.73 bits per heavy atom. The van der Waals surface area contributed by atoms with Crippen LogP contribution in [0.2, 0.25) is 0 Å². The first-order valence-electron chi connectivity index (χ1n) is 3.44. The van der Waals surface area contributed by atoms with Crippen molar-refractivity contribution < 1.29 is 5.11 Å². The highest BCUT2D eigenvalue weighted by Gasteiger charge is 2.17. The van der Waals surface area contributed by atoms with Crippen LogP contribution in [0.15, 0.2) is 9.98 Å².